The average Bonchev–Trinajstić information content (AvgIpc) is 2.76. The molecule has 16 heavy (non-hydrogen) atoms. The number of thiophene rings is 1. The number of rotatable bonds is 1. The predicted octanol–water partition coefficient (Wildman–Crippen LogP) is 2.82. The maximum Gasteiger partial charge on any atom is 0.124 e. The normalized spacial score (nSPS) is 19.6. The molecule has 0 aliphatic carbocycles. The van der Waals surface area contributed by atoms with Gasteiger partial charge < -0.3 is 10.1 Å². The summed E-state index contributed by atoms with van der Waals surface area (Å²) in [5, 5.41) is 5.64. The minimum atomic E-state index is 0.277. The van der Waals surface area contributed by atoms with Gasteiger partial charge in [0, 0.05) is 17.0 Å². The number of nitrogens with one attached hydrogen (secondary N) is 1. The van der Waals surface area contributed by atoms with Crippen LogP contribution in [0.15, 0.2) is 41.8 Å². The van der Waals surface area contributed by atoms with Crippen LogP contribution in [-0.2, 0) is 0 Å². The summed E-state index contributed by atoms with van der Waals surface area (Å²) in [7, 11) is 0. The molecule has 0 spiro atoms. The maximum atomic E-state index is 5.72. The summed E-state index contributed by atoms with van der Waals surface area (Å²) < 4.78 is 5.72. The van der Waals surface area contributed by atoms with Crippen LogP contribution < -0.4 is 10.1 Å². The van der Waals surface area contributed by atoms with Gasteiger partial charge in [-0.2, -0.15) is 0 Å². The summed E-state index contributed by atoms with van der Waals surface area (Å²) in [4.78, 5) is 1.35. The lowest BCUT2D eigenvalue weighted by molar-refractivity contribution is 0.325. The quantitative estimate of drug-likeness (QED) is 0.815. The fraction of sp³-hybridized carbons (Fsp3) is 0.231. The van der Waals surface area contributed by atoms with Gasteiger partial charge in [-0.25, -0.2) is 0 Å². The number of hydrogen-bond donors (Lipinski definition) is 1. The van der Waals surface area contributed by atoms with Gasteiger partial charge in [0.25, 0.3) is 0 Å². The fourth-order valence-electron chi connectivity index (χ4n) is 2.03. The molecule has 2 heterocycles. The molecular formula is C13H13NOS. The van der Waals surface area contributed by atoms with E-state index in [9.17, 15) is 0 Å². The van der Waals surface area contributed by atoms with E-state index in [4.69, 9.17) is 4.74 Å². The van der Waals surface area contributed by atoms with E-state index in [1.165, 1.54) is 10.4 Å². The molecule has 1 aromatic carbocycles. The first kappa shape index (κ1) is 9.87. The van der Waals surface area contributed by atoms with Gasteiger partial charge in [0.1, 0.15) is 12.4 Å². The van der Waals surface area contributed by atoms with E-state index in [2.05, 4.69) is 35.0 Å². The zero-order chi connectivity index (χ0) is 10.8. The molecule has 0 saturated heterocycles. The highest BCUT2D eigenvalue weighted by Crippen LogP contribution is 2.33. The van der Waals surface area contributed by atoms with Crippen LogP contribution in [0.3, 0.4) is 0 Å². The van der Waals surface area contributed by atoms with Gasteiger partial charge in [-0.3, -0.25) is 0 Å². The van der Waals surface area contributed by atoms with Crippen LogP contribution in [0.25, 0.3) is 0 Å². The Bertz CT molecular complexity index is 467. The van der Waals surface area contributed by atoms with Crippen molar-refractivity contribution in [2.45, 2.75) is 6.04 Å². The van der Waals surface area contributed by atoms with E-state index in [0.29, 0.717) is 0 Å². The van der Waals surface area contributed by atoms with Crippen LogP contribution >= 0.6 is 11.3 Å². The Hall–Kier alpha value is -1.32. The highest BCUT2D eigenvalue weighted by molar-refractivity contribution is 7.10. The molecule has 0 radical (unpaired) electrons. The van der Waals surface area contributed by atoms with Crippen molar-refractivity contribution in [1.29, 1.82) is 0 Å². The molecule has 0 bridgehead atoms. The Morgan fingerprint density at radius 2 is 2.12 bits per heavy atom. The third-order valence-corrected chi connectivity index (χ3v) is 3.70. The average molecular weight is 231 g/mol. The smallest absolute Gasteiger partial charge is 0.124 e. The first-order valence-corrected chi connectivity index (χ1v) is 6.31. The Labute approximate surface area is 98.9 Å². The van der Waals surface area contributed by atoms with E-state index in [-0.39, 0.29) is 6.04 Å². The lowest BCUT2D eigenvalue weighted by Gasteiger charge is -2.15. The minimum Gasteiger partial charge on any atom is -0.492 e. The summed E-state index contributed by atoms with van der Waals surface area (Å²) >= 11 is 1.78. The Morgan fingerprint density at radius 1 is 1.19 bits per heavy atom. The number of para-hydroxylation sites is 1. The molecular weight excluding hydrogens is 218 g/mol. The molecule has 1 atom stereocenters. The Morgan fingerprint density at radius 3 is 3.00 bits per heavy atom. The zero-order valence-corrected chi connectivity index (χ0v) is 9.67. The van der Waals surface area contributed by atoms with Crippen molar-refractivity contribution in [3.63, 3.8) is 0 Å². The molecule has 3 heteroatoms. The molecule has 0 fully saturated rings. The Balaban J connectivity index is 2.06. The lowest BCUT2D eigenvalue weighted by atomic mass is 10.0. The summed E-state index contributed by atoms with van der Waals surface area (Å²) in [6.07, 6.45) is 0. The van der Waals surface area contributed by atoms with E-state index in [1.54, 1.807) is 11.3 Å². The second-order valence-electron chi connectivity index (χ2n) is 3.79. The summed E-state index contributed by atoms with van der Waals surface area (Å²) in [6.45, 7) is 1.62. The SMILES string of the molecule is c1csc([C@@H]2NCCOc3ccccc32)c1. The van der Waals surface area contributed by atoms with Crippen LogP contribution in [0, 0.1) is 0 Å². The zero-order valence-electron chi connectivity index (χ0n) is 8.85. The molecule has 1 aliphatic rings. The molecule has 2 nitrogen and oxygen atoms in total. The standard InChI is InChI=1S/C13H13NOS/c1-2-5-11-10(4-1)13(14-7-8-15-11)12-6-3-9-16-12/h1-6,9,13-14H,7-8H2/t13-/m1/s1. The molecule has 0 saturated carbocycles. The number of fused-ring (bicyclic) bond motifs is 1. The van der Waals surface area contributed by atoms with Crippen LogP contribution in [-0.4, -0.2) is 13.2 Å². The van der Waals surface area contributed by atoms with Crippen molar-refractivity contribution < 1.29 is 4.74 Å². The predicted molar refractivity (Wildman–Crippen MR) is 66.1 cm³/mol. The minimum absolute atomic E-state index is 0.277. The maximum absolute atomic E-state index is 5.72. The van der Waals surface area contributed by atoms with E-state index in [1.807, 2.05) is 12.1 Å². The van der Waals surface area contributed by atoms with E-state index in [0.717, 1.165) is 18.9 Å². The van der Waals surface area contributed by atoms with Gasteiger partial charge in [-0.1, -0.05) is 24.3 Å². The van der Waals surface area contributed by atoms with Crippen LogP contribution in [0.4, 0.5) is 0 Å². The van der Waals surface area contributed by atoms with Crippen molar-refractivity contribution in [3.05, 3.63) is 52.2 Å². The first-order valence-electron chi connectivity index (χ1n) is 5.43. The number of hydrogen-bond acceptors (Lipinski definition) is 3. The van der Waals surface area contributed by atoms with Gasteiger partial charge in [0.2, 0.25) is 0 Å². The van der Waals surface area contributed by atoms with Crippen molar-refractivity contribution in [2.75, 3.05) is 13.2 Å². The molecule has 1 aromatic heterocycles. The van der Waals surface area contributed by atoms with Gasteiger partial charge in [0.15, 0.2) is 0 Å². The third kappa shape index (κ3) is 1.72. The fourth-order valence-corrected chi connectivity index (χ4v) is 2.85. The van der Waals surface area contributed by atoms with Crippen molar-refractivity contribution in [2.24, 2.45) is 0 Å². The molecule has 2 aromatic rings. The number of ether oxygens (including phenoxy) is 1. The van der Waals surface area contributed by atoms with Crippen molar-refractivity contribution in [3.8, 4) is 5.75 Å². The molecule has 3 rings (SSSR count). The van der Waals surface area contributed by atoms with Crippen molar-refractivity contribution >= 4 is 11.3 Å². The topological polar surface area (TPSA) is 21.3 Å². The third-order valence-electron chi connectivity index (χ3n) is 2.77. The van der Waals surface area contributed by atoms with Gasteiger partial charge in [-0.05, 0) is 17.5 Å². The van der Waals surface area contributed by atoms with Crippen LogP contribution in [0.2, 0.25) is 0 Å². The van der Waals surface area contributed by atoms with E-state index < -0.39 is 0 Å². The monoisotopic (exact) mass is 231 g/mol. The van der Waals surface area contributed by atoms with Gasteiger partial charge in [0.05, 0.1) is 6.04 Å². The van der Waals surface area contributed by atoms with Gasteiger partial charge in [-0.15, -0.1) is 11.3 Å². The second-order valence-corrected chi connectivity index (χ2v) is 4.77. The van der Waals surface area contributed by atoms with Crippen LogP contribution in [0.1, 0.15) is 16.5 Å². The highest BCUT2D eigenvalue weighted by Gasteiger charge is 2.20. The van der Waals surface area contributed by atoms with E-state index >= 15 is 0 Å². The van der Waals surface area contributed by atoms with Gasteiger partial charge >= 0.3 is 0 Å². The largest absolute Gasteiger partial charge is 0.492 e. The number of benzene rings is 1. The Kier molecular flexibility index (Phi) is 2.64. The van der Waals surface area contributed by atoms with Crippen molar-refractivity contribution in [1.82, 2.24) is 5.32 Å². The summed E-state index contributed by atoms with van der Waals surface area (Å²) in [5.41, 5.74) is 1.24. The summed E-state index contributed by atoms with van der Waals surface area (Å²) in [5.74, 6) is 1.01. The molecule has 0 unspecified atom stereocenters. The first-order chi connectivity index (χ1) is 7.95. The molecule has 1 N–H and O–H groups in total. The molecule has 1 aliphatic heterocycles. The summed E-state index contributed by atoms with van der Waals surface area (Å²) in [6, 6.07) is 12.8. The molecule has 82 valence electrons. The van der Waals surface area contributed by atoms with Crippen LogP contribution in [0.5, 0.6) is 5.75 Å². The molecule has 0 amide bonds. The highest BCUT2D eigenvalue weighted by atomic mass is 32.1. The lowest BCUT2D eigenvalue weighted by Crippen LogP contribution is -2.22. The second kappa shape index (κ2) is 4.28.